The van der Waals surface area contributed by atoms with Gasteiger partial charge in [0, 0.05) is 6.26 Å². The Labute approximate surface area is 69.6 Å². The van der Waals surface area contributed by atoms with Crippen LogP contribution in [0, 0.1) is 11.3 Å². The first-order chi connectivity index (χ1) is 5.54. The molecule has 62 valence electrons. The fraction of sp³-hybridized carbons (Fsp3) is 0.167. The number of nitrogens with zero attached hydrogens (tertiary/aromatic N) is 3. The maximum atomic E-state index is 10.9. The number of hydrogen-bond acceptors (Lipinski definition) is 5. The molecule has 0 spiro atoms. The molecule has 1 aromatic rings. The topological polar surface area (TPSA) is 83.7 Å². The molecule has 0 fully saturated rings. The lowest BCUT2D eigenvalue weighted by atomic mass is 10.6. The molecule has 1 aromatic heterocycles. The van der Waals surface area contributed by atoms with Crippen molar-refractivity contribution >= 4 is 9.84 Å². The monoisotopic (exact) mass is 183 g/mol. The van der Waals surface area contributed by atoms with Gasteiger partial charge in [-0.05, 0) is 0 Å². The van der Waals surface area contributed by atoms with Crippen LogP contribution in [0.3, 0.4) is 0 Å². The molecule has 0 amide bonds. The summed E-state index contributed by atoms with van der Waals surface area (Å²) in [6.07, 6.45) is 3.28. The van der Waals surface area contributed by atoms with E-state index in [4.69, 9.17) is 5.26 Å². The predicted octanol–water partition coefficient (Wildman–Crippen LogP) is -0.248. The van der Waals surface area contributed by atoms with Crippen LogP contribution in [0.15, 0.2) is 17.3 Å². The molecule has 0 bridgehead atoms. The maximum absolute atomic E-state index is 10.9. The molecular weight excluding hydrogens is 178 g/mol. The Morgan fingerprint density at radius 1 is 1.42 bits per heavy atom. The Bertz CT molecular complexity index is 415. The molecule has 0 aliphatic carbocycles. The highest BCUT2D eigenvalue weighted by molar-refractivity contribution is 7.90. The second-order valence-electron chi connectivity index (χ2n) is 2.13. The summed E-state index contributed by atoms with van der Waals surface area (Å²) in [4.78, 5) is 7.04. The quantitative estimate of drug-likeness (QED) is 0.599. The van der Waals surface area contributed by atoms with Gasteiger partial charge in [-0.15, -0.1) is 0 Å². The second-order valence-corrected chi connectivity index (χ2v) is 4.14. The largest absolute Gasteiger partial charge is 0.232 e. The number of hydrogen-bond donors (Lipinski definition) is 0. The molecule has 0 saturated heterocycles. The van der Waals surface area contributed by atoms with Crippen molar-refractivity contribution in [2.24, 2.45) is 0 Å². The molecule has 0 radical (unpaired) electrons. The van der Waals surface area contributed by atoms with E-state index in [0.29, 0.717) is 0 Å². The summed E-state index contributed by atoms with van der Waals surface area (Å²) in [6.45, 7) is 0. The molecule has 1 heterocycles. The van der Waals surface area contributed by atoms with E-state index in [1.807, 2.05) is 0 Å². The van der Waals surface area contributed by atoms with Crippen LogP contribution in [0.5, 0.6) is 0 Å². The molecule has 12 heavy (non-hydrogen) atoms. The van der Waals surface area contributed by atoms with Crippen LogP contribution in [-0.4, -0.2) is 24.6 Å². The fourth-order valence-electron chi connectivity index (χ4n) is 0.565. The van der Waals surface area contributed by atoms with Crippen molar-refractivity contribution < 1.29 is 8.42 Å². The van der Waals surface area contributed by atoms with E-state index in [0.717, 1.165) is 18.6 Å². The minimum atomic E-state index is -3.26. The van der Waals surface area contributed by atoms with Gasteiger partial charge < -0.3 is 0 Å². The standard InChI is InChI=1S/C6H5N3O2S/c1-12(10,11)5-3-8-6(2-7)9-4-5/h3-4H,1H3. The lowest BCUT2D eigenvalue weighted by Gasteiger charge is -1.94. The Hall–Kier alpha value is -1.48. The van der Waals surface area contributed by atoms with E-state index in [2.05, 4.69) is 9.97 Å². The van der Waals surface area contributed by atoms with E-state index >= 15 is 0 Å². The van der Waals surface area contributed by atoms with E-state index < -0.39 is 9.84 Å². The third-order valence-electron chi connectivity index (χ3n) is 1.16. The highest BCUT2D eigenvalue weighted by atomic mass is 32.2. The number of nitriles is 1. The van der Waals surface area contributed by atoms with Gasteiger partial charge in [0.25, 0.3) is 0 Å². The Morgan fingerprint density at radius 2 is 1.92 bits per heavy atom. The normalized spacial score (nSPS) is 10.7. The van der Waals surface area contributed by atoms with Gasteiger partial charge in [-0.1, -0.05) is 0 Å². The molecule has 1 rings (SSSR count). The van der Waals surface area contributed by atoms with Crippen LogP contribution < -0.4 is 0 Å². The molecule has 0 atom stereocenters. The van der Waals surface area contributed by atoms with Gasteiger partial charge >= 0.3 is 0 Å². The van der Waals surface area contributed by atoms with E-state index in [9.17, 15) is 8.42 Å². The summed E-state index contributed by atoms with van der Waals surface area (Å²) in [5.41, 5.74) is 0. The van der Waals surface area contributed by atoms with Crippen molar-refractivity contribution in [3.05, 3.63) is 18.2 Å². The molecule has 0 aliphatic heterocycles. The van der Waals surface area contributed by atoms with Crippen molar-refractivity contribution in [1.82, 2.24) is 9.97 Å². The first-order valence-corrected chi connectivity index (χ1v) is 4.85. The van der Waals surface area contributed by atoms with Gasteiger partial charge in [-0.25, -0.2) is 18.4 Å². The number of aromatic nitrogens is 2. The average molecular weight is 183 g/mol. The van der Waals surface area contributed by atoms with Gasteiger partial charge in [-0.3, -0.25) is 0 Å². The Morgan fingerprint density at radius 3 is 2.25 bits per heavy atom. The van der Waals surface area contributed by atoms with Gasteiger partial charge in [0.2, 0.25) is 5.82 Å². The summed E-state index contributed by atoms with van der Waals surface area (Å²) in [7, 11) is -3.26. The van der Waals surface area contributed by atoms with Crippen molar-refractivity contribution in [2.75, 3.05) is 6.26 Å². The molecule has 5 nitrogen and oxygen atoms in total. The third-order valence-corrected chi connectivity index (χ3v) is 2.22. The van der Waals surface area contributed by atoms with Crippen molar-refractivity contribution in [3.63, 3.8) is 0 Å². The van der Waals surface area contributed by atoms with E-state index in [1.54, 1.807) is 6.07 Å². The summed E-state index contributed by atoms with van der Waals surface area (Å²) in [5.74, 6) is -0.0394. The van der Waals surface area contributed by atoms with Crippen molar-refractivity contribution in [3.8, 4) is 6.07 Å². The molecule has 0 aromatic carbocycles. The molecule has 0 saturated carbocycles. The molecule has 0 unspecified atom stereocenters. The van der Waals surface area contributed by atoms with Crippen LogP contribution in [0.1, 0.15) is 5.82 Å². The molecule has 6 heteroatoms. The van der Waals surface area contributed by atoms with Crippen LogP contribution in [-0.2, 0) is 9.84 Å². The minimum absolute atomic E-state index is 0.0153. The maximum Gasteiger partial charge on any atom is 0.232 e. The summed E-state index contributed by atoms with van der Waals surface area (Å²) >= 11 is 0. The Kier molecular flexibility index (Phi) is 2.06. The highest BCUT2D eigenvalue weighted by Crippen LogP contribution is 2.03. The highest BCUT2D eigenvalue weighted by Gasteiger charge is 2.07. The minimum Gasteiger partial charge on any atom is -0.226 e. The van der Waals surface area contributed by atoms with E-state index in [-0.39, 0.29) is 10.7 Å². The predicted molar refractivity (Wildman–Crippen MR) is 39.9 cm³/mol. The Balaban J connectivity index is 3.20. The zero-order chi connectivity index (χ0) is 9.19. The lowest BCUT2D eigenvalue weighted by molar-refractivity contribution is 0.601. The SMILES string of the molecule is CS(=O)(=O)c1cnc(C#N)nc1. The van der Waals surface area contributed by atoms with Crippen LogP contribution in [0.4, 0.5) is 0 Å². The molecule has 0 N–H and O–H groups in total. The third kappa shape index (κ3) is 1.77. The smallest absolute Gasteiger partial charge is 0.226 e. The number of rotatable bonds is 1. The second kappa shape index (κ2) is 2.87. The first kappa shape index (κ1) is 8.62. The van der Waals surface area contributed by atoms with Crippen LogP contribution in [0.2, 0.25) is 0 Å². The average Bonchev–Trinajstić information content (AvgIpc) is 2.03. The molecule has 0 aliphatic rings. The molecular formula is C6H5N3O2S. The summed E-state index contributed by atoms with van der Waals surface area (Å²) < 4.78 is 21.7. The van der Waals surface area contributed by atoms with Gasteiger partial charge in [0.05, 0.1) is 12.4 Å². The lowest BCUT2D eigenvalue weighted by Crippen LogP contribution is -1.99. The van der Waals surface area contributed by atoms with Crippen molar-refractivity contribution in [1.29, 1.82) is 5.26 Å². The summed E-state index contributed by atoms with van der Waals surface area (Å²) in [5, 5.41) is 8.31. The van der Waals surface area contributed by atoms with Gasteiger partial charge in [0.15, 0.2) is 9.84 Å². The zero-order valence-electron chi connectivity index (χ0n) is 6.22. The number of sulfone groups is 1. The van der Waals surface area contributed by atoms with Gasteiger partial charge in [0.1, 0.15) is 11.0 Å². The zero-order valence-corrected chi connectivity index (χ0v) is 7.04. The summed E-state index contributed by atoms with van der Waals surface area (Å²) in [6, 6.07) is 1.69. The van der Waals surface area contributed by atoms with Crippen molar-refractivity contribution in [2.45, 2.75) is 4.90 Å². The van der Waals surface area contributed by atoms with Crippen LogP contribution in [0.25, 0.3) is 0 Å². The van der Waals surface area contributed by atoms with Crippen LogP contribution >= 0.6 is 0 Å². The van der Waals surface area contributed by atoms with Gasteiger partial charge in [-0.2, -0.15) is 5.26 Å². The first-order valence-electron chi connectivity index (χ1n) is 2.96. The fourth-order valence-corrected chi connectivity index (χ4v) is 1.05. The van der Waals surface area contributed by atoms with E-state index in [1.165, 1.54) is 0 Å².